The summed E-state index contributed by atoms with van der Waals surface area (Å²) in [6.45, 7) is 10.0. The third kappa shape index (κ3) is 8.69. The van der Waals surface area contributed by atoms with Crippen LogP contribution in [0.4, 0.5) is 5.69 Å². The molecule has 0 aliphatic carbocycles. The van der Waals surface area contributed by atoms with Gasteiger partial charge in [0.05, 0.1) is 11.9 Å². The van der Waals surface area contributed by atoms with E-state index in [0.29, 0.717) is 18.7 Å². The summed E-state index contributed by atoms with van der Waals surface area (Å²) >= 11 is 0. The highest BCUT2D eigenvalue weighted by atomic mass is 32.2. The van der Waals surface area contributed by atoms with Gasteiger partial charge in [-0.25, -0.2) is 8.42 Å². The van der Waals surface area contributed by atoms with Gasteiger partial charge in [0.25, 0.3) is 0 Å². The standard InChI is InChI=1S/C27H39N3O4S/c1-7-22(4)28-27(32)23(5)29(19-24-13-8-11-20(2)17-24)26(31)15-10-16-30(35(6,33)34)25-14-9-12-21(3)18-25/h8-9,11-14,17-18,22-23H,7,10,15-16,19H2,1-6H3,(H,28,32)/t22-,23+/m0/s1. The van der Waals surface area contributed by atoms with E-state index in [2.05, 4.69) is 5.32 Å². The molecule has 8 heteroatoms. The van der Waals surface area contributed by atoms with Crippen LogP contribution in [-0.2, 0) is 26.2 Å². The summed E-state index contributed by atoms with van der Waals surface area (Å²) in [5.74, 6) is -0.381. The number of hydrogen-bond acceptors (Lipinski definition) is 4. The van der Waals surface area contributed by atoms with E-state index in [1.165, 1.54) is 10.6 Å². The highest BCUT2D eigenvalue weighted by molar-refractivity contribution is 7.92. The number of amides is 2. The molecule has 0 heterocycles. The number of carbonyl (C=O) groups is 2. The molecular formula is C27H39N3O4S. The first-order chi connectivity index (χ1) is 16.4. The van der Waals surface area contributed by atoms with E-state index in [9.17, 15) is 18.0 Å². The quantitative estimate of drug-likeness (QED) is 0.473. The maximum atomic E-state index is 13.3. The molecule has 0 aromatic heterocycles. The van der Waals surface area contributed by atoms with Crippen molar-refractivity contribution in [2.45, 2.75) is 72.5 Å². The summed E-state index contributed by atoms with van der Waals surface area (Å²) in [6.07, 6.45) is 2.43. The second kappa shape index (κ2) is 12.7. The first-order valence-corrected chi connectivity index (χ1v) is 14.0. The molecule has 0 aliphatic heterocycles. The minimum atomic E-state index is -3.51. The SMILES string of the molecule is CC[C@H](C)NC(=O)[C@@H](C)N(Cc1cccc(C)c1)C(=O)CCCN(c1cccc(C)c1)S(C)(=O)=O. The molecule has 0 saturated carbocycles. The normalized spacial score (nSPS) is 13.1. The monoisotopic (exact) mass is 501 g/mol. The Balaban J connectivity index is 2.17. The topological polar surface area (TPSA) is 86.8 Å². The van der Waals surface area contributed by atoms with Gasteiger partial charge in [-0.15, -0.1) is 0 Å². The van der Waals surface area contributed by atoms with Gasteiger partial charge >= 0.3 is 0 Å². The van der Waals surface area contributed by atoms with Crippen molar-refractivity contribution in [2.24, 2.45) is 0 Å². The lowest BCUT2D eigenvalue weighted by Gasteiger charge is -2.30. The summed E-state index contributed by atoms with van der Waals surface area (Å²) in [4.78, 5) is 27.8. The summed E-state index contributed by atoms with van der Waals surface area (Å²) in [5, 5.41) is 2.96. The number of rotatable bonds is 12. The molecule has 0 radical (unpaired) electrons. The van der Waals surface area contributed by atoms with Crippen LogP contribution < -0.4 is 9.62 Å². The minimum absolute atomic E-state index is 0.0125. The molecule has 1 N–H and O–H groups in total. The fourth-order valence-corrected chi connectivity index (χ4v) is 4.80. The van der Waals surface area contributed by atoms with Gasteiger partial charge in [0, 0.05) is 25.6 Å². The Morgan fingerprint density at radius 2 is 1.63 bits per heavy atom. The summed E-state index contributed by atoms with van der Waals surface area (Å²) in [5.41, 5.74) is 3.56. The first kappa shape index (κ1) is 28.4. The van der Waals surface area contributed by atoms with Crippen LogP contribution in [0.2, 0.25) is 0 Å². The maximum Gasteiger partial charge on any atom is 0.242 e. The summed E-state index contributed by atoms with van der Waals surface area (Å²) in [7, 11) is -3.51. The second-order valence-corrected chi connectivity index (χ2v) is 11.2. The fraction of sp³-hybridized carbons (Fsp3) is 0.481. The Bertz CT molecular complexity index is 1120. The third-order valence-electron chi connectivity index (χ3n) is 6.05. The van der Waals surface area contributed by atoms with Crippen molar-refractivity contribution in [2.75, 3.05) is 17.1 Å². The molecule has 35 heavy (non-hydrogen) atoms. The second-order valence-electron chi connectivity index (χ2n) is 9.28. The van der Waals surface area contributed by atoms with E-state index in [0.717, 1.165) is 23.1 Å². The number of nitrogens with one attached hydrogen (secondary N) is 1. The molecule has 0 aliphatic rings. The van der Waals surface area contributed by atoms with Crippen LogP contribution in [0.3, 0.4) is 0 Å². The number of nitrogens with zero attached hydrogens (tertiary/aromatic N) is 2. The highest BCUT2D eigenvalue weighted by Crippen LogP contribution is 2.20. The van der Waals surface area contributed by atoms with E-state index >= 15 is 0 Å². The van der Waals surface area contributed by atoms with Gasteiger partial charge in [-0.05, 0) is 63.8 Å². The van der Waals surface area contributed by atoms with E-state index in [1.54, 1.807) is 17.9 Å². The molecule has 0 saturated heterocycles. The Morgan fingerprint density at radius 1 is 1.00 bits per heavy atom. The molecule has 2 amide bonds. The summed E-state index contributed by atoms with van der Waals surface area (Å²) in [6, 6.07) is 14.5. The van der Waals surface area contributed by atoms with E-state index in [-0.39, 0.29) is 30.8 Å². The van der Waals surface area contributed by atoms with Gasteiger partial charge in [0.1, 0.15) is 6.04 Å². The largest absolute Gasteiger partial charge is 0.352 e. The average molecular weight is 502 g/mol. The van der Waals surface area contributed by atoms with Crippen molar-refractivity contribution < 1.29 is 18.0 Å². The minimum Gasteiger partial charge on any atom is -0.352 e. The van der Waals surface area contributed by atoms with Crippen LogP contribution in [0.25, 0.3) is 0 Å². The van der Waals surface area contributed by atoms with E-state index < -0.39 is 16.1 Å². The molecule has 0 spiro atoms. The lowest BCUT2D eigenvalue weighted by atomic mass is 10.1. The first-order valence-electron chi connectivity index (χ1n) is 12.1. The Kier molecular flexibility index (Phi) is 10.3. The van der Waals surface area contributed by atoms with Crippen LogP contribution in [0.1, 0.15) is 56.7 Å². The van der Waals surface area contributed by atoms with Crippen molar-refractivity contribution in [1.29, 1.82) is 0 Å². The van der Waals surface area contributed by atoms with Gasteiger partial charge in [0.15, 0.2) is 0 Å². The predicted octanol–water partition coefficient (Wildman–Crippen LogP) is 4.18. The smallest absolute Gasteiger partial charge is 0.242 e. The predicted molar refractivity (Wildman–Crippen MR) is 142 cm³/mol. The van der Waals surface area contributed by atoms with Gasteiger partial charge in [-0.2, -0.15) is 0 Å². The number of sulfonamides is 1. The van der Waals surface area contributed by atoms with Crippen LogP contribution in [0.5, 0.6) is 0 Å². The van der Waals surface area contributed by atoms with Gasteiger partial charge in [-0.1, -0.05) is 48.9 Å². The van der Waals surface area contributed by atoms with Gasteiger partial charge < -0.3 is 10.2 Å². The van der Waals surface area contributed by atoms with Gasteiger partial charge in [0.2, 0.25) is 21.8 Å². The average Bonchev–Trinajstić information content (AvgIpc) is 2.78. The lowest BCUT2D eigenvalue weighted by Crippen LogP contribution is -2.49. The number of aryl methyl sites for hydroxylation is 2. The van der Waals surface area contributed by atoms with E-state index in [4.69, 9.17) is 0 Å². The van der Waals surface area contributed by atoms with Gasteiger partial charge in [-0.3, -0.25) is 13.9 Å². The Hall–Kier alpha value is -2.87. The Labute approximate surface area is 210 Å². The van der Waals surface area contributed by atoms with Crippen LogP contribution in [-0.4, -0.2) is 50.0 Å². The molecule has 2 atom stereocenters. The molecule has 0 unspecified atom stereocenters. The zero-order valence-corrected chi connectivity index (χ0v) is 22.6. The van der Waals surface area contributed by atoms with Crippen LogP contribution in [0, 0.1) is 13.8 Å². The van der Waals surface area contributed by atoms with Crippen LogP contribution >= 0.6 is 0 Å². The zero-order valence-electron chi connectivity index (χ0n) is 21.7. The third-order valence-corrected chi connectivity index (χ3v) is 7.24. The van der Waals surface area contributed by atoms with Crippen molar-refractivity contribution in [3.63, 3.8) is 0 Å². The highest BCUT2D eigenvalue weighted by Gasteiger charge is 2.27. The van der Waals surface area contributed by atoms with Crippen molar-refractivity contribution in [1.82, 2.24) is 10.2 Å². The van der Waals surface area contributed by atoms with Crippen molar-refractivity contribution in [3.05, 3.63) is 65.2 Å². The number of carbonyl (C=O) groups excluding carboxylic acids is 2. The molecular weight excluding hydrogens is 462 g/mol. The lowest BCUT2D eigenvalue weighted by molar-refractivity contribution is -0.140. The van der Waals surface area contributed by atoms with Crippen molar-refractivity contribution >= 4 is 27.5 Å². The molecule has 0 bridgehead atoms. The molecule has 192 valence electrons. The number of hydrogen-bond donors (Lipinski definition) is 1. The maximum absolute atomic E-state index is 13.3. The van der Waals surface area contributed by atoms with Crippen LogP contribution in [0.15, 0.2) is 48.5 Å². The zero-order chi connectivity index (χ0) is 26.2. The fourth-order valence-electron chi connectivity index (χ4n) is 3.84. The molecule has 7 nitrogen and oxygen atoms in total. The molecule has 2 aromatic carbocycles. The number of benzene rings is 2. The molecule has 0 fully saturated rings. The Morgan fingerprint density at radius 3 is 2.20 bits per heavy atom. The van der Waals surface area contributed by atoms with Crippen molar-refractivity contribution in [3.8, 4) is 0 Å². The molecule has 2 aromatic rings. The van der Waals surface area contributed by atoms with E-state index in [1.807, 2.05) is 70.2 Å². The molecule has 2 rings (SSSR count). The summed E-state index contributed by atoms with van der Waals surface area (Å²) < 4.78 is 26.2. The number of anilines is 1.